The van der Waals surface area contributed by atoms with Crippen molar-refractivity contribution in [1.29, 1.82) is 0 Å². The van der Waals surface area contributed by atoms with Gasteiger partial charge in [0.25, 0.3) is 0 Å². The normalized spacial score (nSPS) is 25.1. The van der Waals surface area contributed by atoms with Crippen molar-refractivity contribution in [3.05, 3.63) is 84.4 Å². The molecule has 7 rings (SSSR count). The highest BCUT2D eigenvalue weighted by atomic mass is 16.6. The van der Waals surface area contributed by atoms with Gasteiger partial charge in [-0.3, -0.25) is 0 Å². The number of nitrogens with one attached hydrogen (secondary N) is 1. The van der Waals surface area contributed by atoms with Gasteiger partial charge in [-0.2, -0.15) is 0 Å². The molecule has 1 amide bonds. The molecule has 2 aromatic rings. The number of benzene rings is 2. The summed E-state index contributed by atoms with van der Waals surface area (Å²) in [6.45, 7) is 13.6. The van der Waals surface area contributed by atoms with E-state index in [4.69, 9.17) is 14.2 Å². The molecule has 1 aliphatic carbocycles. The molecular formula is C38H53N3O4. The van der Waals surface area contributed by atoms with Crippen LogP contribution in [0.2, 0.25) is 0 Å². The van der Waals surface area contributed by atoms with Gasteiger partial charge in [-0.1, -0.05) is 86.5 Å². The van der Waals surface area contributed by atoms with Crippen molar-refractivity contribution in [3.8, 4) is 0 Å². The van der Waals surface area contributed by atoms with Crippen LogP contribution in [0.1, 0.15) is 68.9 Å². The van der Waals surface area contributed by atoms with Crippen molar-refractivity contribution in [2.24, 2.45) is 11.8 Å². The van der Waals surface area contributed by atoms with Crippen molar-refractivity contribution in [2.75, 3.05) is 52.5 Å². The Hall–Kier alpha value is -2.71. The van der Waals surface area contributed by atoms with E-state index >= 15 is 0 Å². The summed E-state index contributed by atoms with van der Waals surface area (Å²) in [5.41, 5.74) is 0.770. The fourth-order valence-corrected chi connectivity index (χ4v) is 7.66. The minimum atomic E-state index is -0.999. The molecule has 7 heteroatoms. The molecule has 5 aliphatic rings. The van der Waals surface area contributed by atoms with Crippen LogP contribution in [0.5, 0.6) is 0 Å². The highest BCUT2D eigenvalue weighted by Crippen LogP contribution is 2.36. The van der Waals surface area contributed by atoms with Crippen LogP contribution in [0.25, 0.3) is 0 Å². The molecule has 244 valence electrons. The molecule has 4 saturated heterocycles. The van der Waals surface area contributed by atoms with Gasteiger partial charge in [0.15, 0.2) is 5.60 Å². The summed E-state index contributed by atoms with van der Waals surface area (Å²) in [6, 6.07) is 19.7. The number of carbonyl (C=O) groups is 1. The average Bonchev–Trinajstić information content (AvgIpc) is 4.04. The highest BCUT2D eigenvalue weighted by molar-refractivity contribution is 5.69. The highest BCUT2D eigenvalue weighted by Gasteiger charge is 2.36. The minimum absolute atomic E-state index is 0.204. The number of ether oxygens (including phenoxy) is 3. The fraction of sp³-hybridized carbons (Fsp3) is 0.605. The largest absolute Gasteiger partial charge is 0.429 e. The maximum atomic E-state index is 12.7. The summed E-state index contributed by atoms with van der Waals surface area (Å²) in [7, 11) is 0. The van der Waals surface area contributed by atoms with E-state index in [-0.39, 0.29) is 12.1 Å². The second-order valence-corrected chi connectivity index (χ2v) is 13.7. The first-order chi connectivity index (χ1) is 22.1. The number of piperidine rings is 2. The lowest BCUT2D eigenvalue weighted by atomic mass is 9.79. The number of epoxide rings is 2. The zero-order chi connectivity index (χ0) is 30.9. The molecule has 0 aromatic heterocycles. The lowest BCUT2D eigenvalue weighted by molar-refractivity contribution is 0.0681. The van der Waals surface area contributed by atoms with E-state index in [0.29, 0.717) is 12.2 Å². The van der Waals surface area contributed by atoms with Crippen LogP contribution in [-0.4, -0.2) is 86.6 Å². The number of hydrogen-bond acceptors (Lipinski definition) is 6. The maximum absolute atomic E-state index is 12.7. The third-order valence-electron chi connectivity index (χ3n) is 10.5. The van der Waals surface area contributed by atoms with Crippen LogP contribution >= 0.6 is 0 Å². The van der Waals surface area contributed by atoms with E-state index in [9.17, 15) is 4.79 Å². The van der Waals surface area contributed by atoms with Gasteiger partial charge >= 0.3 is 6.09 Å². The molecule has 2 unspecified atom stereocenters. The number of nitrogens with zero attached hydrogens (tertiary/aromatic N) is 2. The van der Waals surface area contributed by atoms with Gasteiger partial charge in [-0.15, -0.1) is 0 Å². The van der Waals surface area contributed by atoms with Gasteiger partial charge in [0.2, 0.25) is 0 Å². The molecule has 2 aromatic carbocycles. The monoisotopic (exact) mass is 615 g/mol. The van der Waals surface area contributed by atoms with Crippen LogP contribution < -0.4 is 5.32 Å². The van der Waals surface area contributed by atoms with Crippen LogP contribution in [-0.2, 0) is 19.8 Å². The van der Waals surface area contributed by atoms with Crippen LogP contribution in [0.3, 0.4) is 0 Å². The van der Waals surface area contributed by atoms with Gasteiger partial charge in [0.1, 0.15) is 0 Å². The number of amides is 1. The second kappa shape index (κ2) is 15.7. The predicted molar refractivity (Wildman–Crippen MR) is 178 cm³/mol. The maximum Gasteiger partial charge on any atom is 0.408 e. The predicted octanol–water partition coefficient (Wildman–Crippen LogP) is 6.38. The van der Waals surface area contributed by atoms with E-state index in [0.717, 1.165) is 61.9 Å². The van der Waals surface area contributed by atoms with Crippen molar-refractivity contribution in [1.82, 2.24) is 15.1 Å². The standard InChI is InChI=1S/C22H25NO2.C16H28N2O2/c1-2-22(18-12-6-3-7-13-18,19-14-8-4-9-15-19)25-21(24)23-20-16-10-5-11-17-20;1-5-17(9-15-11-19-15)6-2-13(1)14-3-7-18(8-4-14)10-16-12-20-16/h2-4,6-9,12-15,20H,1,5,10-11,16-17H2,(H,23,24);13-16H,1-12H2. The second-order valence-electron chi connectivity index (χ2n) is 13.7. The summed E-state index contributed by atoms with van der Waals surface area (Å²) in [5, 5.41) is 3.04. The Kier molecular flexibility index (Phi) is 11.3. The lowest BCUT2D eigenvalue weighted by Gasteiger charge is -2.40. The minimum Gasteiger partial charge on any atom is -0.429 e. The molecule has 0 radical (unpaired) electrons. The topological polar surface area (TPSA) is 69.9 Å². The molecule has 5 fully saturated rings. The molecule has 4 aliphatic heterocycles. The third kappa shape index (κ3) is 9.19. The van der Waals surface area contributed by atoms with E-state index in [1.54, 1.807) is 6.08 Å². The van der Waals surface area contributed by atoms with Crippen molar-refractivity contribution in [2.45, 2.75) is 81.6 Å². The summed E-state index contributed by atoms with van der Waals surface area (Å²) < 4.78 is 16.7. The van der Waals surface area contributed by atoms with Gasteiger partial charge in [-0.05, 0) is 82.6 Å². The molecule has 2 atom stereocenters. The first-order valence-electron chi connectivity index (χ1n) is 17.5. The summed E-state index contributed by atoms with van der Waals surface area (Å²) >= 11 is 0. The van der Waals surface area contributed by atoms with Gasteiger partial charge in [0.05, 0.1) is 25.4 Å². The fourth-order valence-electron chi connectivity index (χ4n) is 7.66. The Labute approximate surface area is 270 Å². The summed E-state index contributed by atoms with van der Waals surface area (Å²) in [5.74, 6) is 1.98. The number of alkyl carbamates (subject to hydrolysis) is 1. The molecule has 7 nitrogen and oxygen atoms in total. The van der Waals surface area contributed by atoms with E-state index in [1.807, 2.05) is 60.7 Å². The third-order valence-corrected chi connectivity index (χ3v) is 10.5. The zero-order valence-electron chi connectivity index (χ0n) is 27.0. The Morgan fingerprint density at radius 1 is 0.756 bits per heavy atom. The quantitative estimate of drug-likeness (QED) is 0.247. The Morgan fingerprint density at radius 3 is 1.60 bits per heavy atom. The first kappa shape index (κ1) is 32.2. The zero-order valence-corrected chi connectivity index (χ0v) is 27.0. The molecule has 1 N–H and O–H groups in total. The van der Waals surface area contributed by atoms with Crippen molar-refractivity contribution < 1.29 is 19.0 Å². The number of rotatable bonds is 10. The van der Waals surface area contributed by atoms with Crippen LogP contribution in [0.15, 0.2) is 73.3 Å². The van der Waals surface area contributed by atoms with E-state index in [1.165, 1.54) is 71.4 Å². The first-order valence-corrected chi connectivity index (χ1v) is 17.5. The molecule has 4 heterocycles. The van der Waals surface area contributed by atoms with Crippen LogP contribution in [0, 0.1) is 11.8 Å². The molecule has 0 spiro atoms. The smallest absolute Gasteiger partial charge is 0.408 e. The van der Waals surface area contributed by atoms with E-state index < -0.39 is 5.60 Å². The Morgan fingerprint density at radius 2 is 1.20 bits per heavy atom. The van der Waals surface area contributed by atoms with E-state index in [2.05, 4.69) is 21.7 Å². The lowest BCUT2D eigenvalue weighted by Crippen LogP contribution is -2.42. The van der Waals surface area contributed by atoms with Gasteiger partial charge in [0, 0.05) is 30.3 Å². The Bertz CT molecular complexity index is 1110. The SMILES string of the molecule is C1OC1CN1CCC(C2CCN(CC3CO3)CC2)CC1.C=CC(OC(=O)NC1CCCCC1)(c1ccccc1)c1ccccc1. The summed E-state index contributed by atoms with van der Waals surface area (Å²) in [6.07, 6.45) is 13.7. The number of likely N-dealkylation sites (tertiary alicyclic amines) is 2. The van der Waals surface area contributed by atoms with Crippen molar-refractivity contribution in [3.63, 3.8) is 0 Å². The van der Waals surface area contributed by atoms with Gasteiger partial charge < -0.3 is 29.3 Å². The molecule has 45 heavy (non-hydrogen) atoms. The van der Waals surface area contributed by atoms with Gasteiger partial charge in [-0.25, -0.2) is 4.79 Å². The number of carbonyl (C=O) groups excluding carboxylic acids is 1. The average molecular weight is 616 g/mol. The van der Waals surface area contributed by atoms with Crippen molar-refractivity contribution >= 4 is 6.09 Å². The molecule has 0 bridgehead atoms. The molecular weight excluding hydrogens is 562 g/mol. The number of hydrogen-bond donors (Lipinski definition) is 1. The Balaban J connectivity index is 0.000000162. The molecule has 1 saturated carbocycles. The van der Waals surface area contributed by atoms with Crippen LogP contribution in [0.4, 0.5) is 4.79 Å². The summed E-state index contributed by atoms with van der Waals surface area (Å²) in [4.78, 5) is 17.9.